The molecule has 2 aromatic carbocycles. The highest BCUT2D eigenvalue weighted by molar-refractivity contribution is 5.80. The highest BCUT2D eigenvalue weighted by Gasteiger charge is 2.21. The molecular formula is C25H28N6O5. The van der Waals surface area contributed by atoms with Crippen molar-refractivity contribution >= 4 is 23.3 Å². The zero-order valence-electron chi connectivity index (χ0n) is 20.5. The summed E-state index contributed by atoms with van der Waals surface area (Å²) in [5, 5.41) is 15.0. The fourth-order valence-electron chi connectivity index (χ4n) is 3.65. The maximum Gasteiger partial charge on any atom is 0.332 e. The molecule has 0 fully saturated rings. The van der Waals surface area contributed by atoms with E-state index in [1.807, 2.05) is 31.2 Å². The van der Waals surface area contributed by atoms with Crippen molar-refractivity contribution in [2.75, 3.05) is 19.1 Å². The lowest BCUT2D eigenvalue weighted by molar-refractivity contribution is 0.0938. The maximum atomic E-state index is 13.0. The Kier molecular flexibility index (Phi) is 7.20. The van der Waals surface area contributed by atoms with E-state index in [-0.39, 0.29) is 30.3 Å². The van der Waals surface area contributed by atoms with Crippen LogP contribution in [0.2, 0.25) is 0 Å². The molecule has 36 heavy (non-hydrogen) atoms. The van der Waals surface area contributed by atoms with Crippen LogP contribution in [0.3, 0.4) is 0 Å². The molecule has 0 radical (unpaired) electrons. The summed E-state index contributed by atoms with van der Waals surface area (Å²) in [5.74, 6) is 1.45. The number of hydrogen-bond acceptors (Lipinski definition) is 8. The number of methoxy groups -OCH3 is 1. The van der Waals surface area contributed by atoms with Crippen LogP contribution >= 0.6 is 0 Å². The minimum atomic E-state index is -0.993. The lowest BCUT2D eigenvalue weighted by atomic mass is 10.2. The number of rotatable bonds is 9. The summed E-state index contributed by atoms with van der Waals surface area (Å²) in [6, 6.07) is 14.7. The SMILES string of the molecule is COc1ccc(OCC(O)Cn2c(NN=Cc3ccc(C)cc3)nc3c2c(=O)n(C)c(=O)n3C)cc1. The number of fused-ring (bicyclic) bond motifs is 1. The number of imidazole rings is 1. The Morgan fingerprint density at radius 1 is 1.06 bits per heavy atom. The Labute approximate surface area is 206 Å². The first-order valence-electron chi connectivity index (χ1n) is 11.3. The first-order valence-corrected chi connectivity index (χ1v) is 11.3. The number of aromatic nitrogens is 4. The third-order valence-corrected chi connectivity index (χ3v) is 5.70. The molecule has 1 atom stereocenters. The predicted molar refractivity (Wildman–Crippen MR) is 137 cm³/mol. The van der Waals surface area contributed by atoms with Crippen molar-refractivity contribution in [2.24, 2.45) is 19.2 Å². The fraction of sp³-hybridized carbons (Fsp3) is 0.280. The van der Waals surface area contributed by atoms with Crippen LogP contribution in [-0.2, 0) is 20.6 Å². The molecule has 4 rings (SSSR count). The summed E-state index contributed by atoms with van der Waals surface area (Å²) in [4.78, 5) is 29.8. The second-order valence-electron chi connectivity index (χ2n) is 8.35. The number of hydrazone groups is 1. The van der Waals surface area contributed by atoms with Gasteiger partial charge < -0.3 is 19.1 Å². The van der Waals surface area contributed by atoms with Crippen molar-refractivity contribution in [3.63, 3.8) is 0 Å². The average Bonchev–Trinajstić information content (AvgIpc) is 3.24. The van der Waals surface area contributed by atoms with Gasteiger partial charge in [-0.1, -0.05) is 29.8 Å². The summed E-state index contributed by atoms with van der Waals surface area (Å²) in [6.45, 7) is 1.93. The van der Waals surface area contributed by atoms with Crippen LogP contribution in [-0.4, -0.2) is 49.8 Å². The van der Waals surface area contributed by atoms with Crippen molar-refractivity contribution in [1.82, 2.24) is 18.7 Å². The molecule has 0 saturated heterocycles. The van der Waals surface area contributed by atoms with Crippen LogP contribution in [0.4, 0.5) is 5.95 Å². The molecule has 188 valence electrons. The second kappa shape index (κ2) is 10.5. The summed E-state index contributed by atoms with van der Waals surface area (Å²) < 4.78 is 14.6. The number of aliphatic hydroxyl groups is 1. The standard InChI is InChI=1S/C25H28N6O5/c1-16-5-7-17(8-6-16)13-26-28-24-27-22-21(23(33)30(3)25(34)29(22)2)31(24)14-18(32)15-36-20-11-9-19(35-4)10-12-20/h5-13,18,32H,14-15H2,1-4H3,(H,27,28). The van der Waals surface area contributed by atoms with Crippen LogP contribution in [0.5, 0.6) is 11.5 Å². The number of aliphatic hydroxyl groups excluding tert-OH is 1. The molecule has 0 aliphatic rings. The molecule has 11 heteroatoms. The first kappa shape index (κ1) is 24.7. The molecule has 0 aliphatic carbocycles. The molecule has 2 N–H and O–H groups in total. The average molecular weight is 493 g/mol. The molecule has 0 spiro atoms. The van der Waals surface area contributed by atoms with E-state index in [1.54, 1.807) is 37.6 Å². The van der Waals surface area contributed by atoms with Gasteiger partial charge in [0.05, 0.1) is 19.9 Å². The number of benzene rings is 2. The van der Waals surface area contributed by atoms with E-state index in [4.69, 9.17) is 9.47 Å². The number of nitrogens with one attached hydrogen (secondary N) is 1. The largest absolute Gasteiger partial charge is 0.497 e. The van der Waals surface area contributed by atoms with Gasteiger partial charge in [0.25, 0.3) is 5.56 Å². The van der Waals surface area contributed by atoms with E-state index in [0.717, 1.165) is 15.7 Å². The summed E-state index contributed by atoms with van der Waals surface area (Å²) in [5.41, 5.74) is 4.15. The number of nitrogens with zero attached hydrogens (tertiary/aromatic N) is 5. The fourth-order valence-corrected chi connectivity index (χ4v) is 3.65. The van der Waals surface area contributed by atoms with Gasteiger partial charge in [-0.15, -0.1) is 0 Å². The summed E-state index contributed by atoms with van der Waals surface area (Å²) in [7, 11) is 4.50. The van der Waals surface area contributed by atoms with Gasteiger partial charge in [-0.05, 0) is 36.8 Å². The van der Waals surface area contributed by atoms with Crippen molar-refractivity contribution in [1.29, 1.82) is 0 Å². The molecule has 0 bridgehead atoms. The smallest absolute Gasteiger partial charge is 0.332 e. The van der Waals surface area contributed by atoms with E-state index in [0.29, 0.717) is 11.5 Å². The number of aryl methyl sites for hydroxylation is 2. The molecule has 0 saturated carbocycles. The molecule has 0 aliphatic heterocycles. The topological polar surface area (TPSA) is 125 Å². The third kappa shape index (κ3) is 5.15. The molecule has 11 nitrogen and oxygen atoms in total. The van der Waals surface area contributed by atoms with Crippen molar-refractivity contribution < 1.29 is 14.6 Å². The van der Waals surface area contributed by atoms with E-state index in [2.05, 4.69) is 15.5 Å². The third-order valence-electron chi connectivity index (χ3n) is 5.70. The van der Waals surface area contributed by atoms with Crippen LogP contribution in [0.25, 0.3) is 11.2 Å². The summed E-state index contributed by atoms with van der Waals surface area (Å²) >= 11 is 0. The van der Waals surface area contributed by atoms with Crippen molar-refractivity contribution in [3.8, 4) is 11.5 Å². The normalized spacial score (nSPS) is 12.2. The van der Waals surface area contributed by atoms with E-state index >= 15 is 0 Å². The Balaban J connectivity index is 1.62. The maximum absolute atomic E-state index is 13.0. The second-order valence-corrected chi connectivity index (χ2v) is 8.35. The van der Waals surface area contributed by atoms with Crippen LogP contribution in [0.15, 0.2) is 63.2 Å². The molecule has 4 aromatic rings. The Morgan fingerprint density at radius 2 is 1.72 bits per heavy atom. The zero-order chi connectivity index (χ0) is 25.8. The van der Waals surface area contributed by atoms with Gasteiger partial charge in [0.15, 0.2) is 11.2 Å². The Bertz CT molecular complexity index is 1500. The molecule has 0 amide bonds. The van der Waals surface area contributed by atoms with E-state index in [9.17, 15) is 14.7 Å². The van der Waals surface area contributed by atoms with Gasteiger partial charge >= 0.3 is 5.69 Å². The monoisotopic (exact) mass is 492 g/mol. The number of hydrogen-bond donors (Lipinski definition) is 2. The minimum absolute atomic E-state index is 0.0253. The van der Waals surface area contributed by atoms with Crippen LogP contribution < -0.4 is 26.1 Å². The van der Waals surface area contributed by atoms with Crippen molar-refractivity contribution in [2.45, 2.75) is 19.6 Å². The lowest BCUT2D eigenvalue weighted by Gasteiger charge is -2.15. The van der Waals surface area contributed by atoms with Gasteiger partial charge in [0.1, 0.15) is 24.2 Å². The Hall–Kier alpha value is -4.38. The van der Waals surface area contributed by atoms with Gasteiger partial charge in [0, 0.05) is 14.1 Å². The predicted octanol–water partition coefficient (Wildman–Crippen LogP) is 1.64. The molecule has 2 aromatic heterocycles. The number of anilines is 1. The van der Waals surface area contributed by atoms with Gasteiger partial charge in [-0.3, -0.25) is 13.9 Å². The first-order chi connectivity index (χ1) is 17.3. The van der Waals surface area contributed by atoms with Crippen LogP contribution in [0, 0.1) is 6.92 Å². The van der Waals surface area contributed by atoms with E-state index < -0.39 is 17.4 Å². The molecule has 1 unspecified atom stereocenters. The summed E-state index contributed by atoms with van der Waals surface area (Å²) in [6.07, 6.45) is 0.622. The minimum Gasteiger partial charge on any atom is -0.497 e. The molecular weight excluding hydrogens is 464 g/mol. The molecule has 2 heterocycles. The highest BCUT2D eigenvalue weighted by Crippen LogP contribution is 2.19. The van der Waals surface area contributed by atoms with Gasteiger partial charge in [-0.25, -0.2) is 10.2 Å². The van der Waals surface area contributed by atoms with Crippen molar-refractivity contribution in [3.05, 3.63) is 80.5 Å². The van der Waals surface area contributed by atoms with Crippen LogP contribution in [0.1, 0.15) is 11.1 Å². The quantitative estimate of drug-likeness (QED) is 0.269. The highest BCUT2D eigenvalue weighted by atomic mass is 16.5. The van der Waals surface area contributed by atoms with Gasteiger partial charge in [-0.2, -0.15) is 10.1 Å². The lowest BCUT2D eigenvalue weighted by Crippen LogP contribution is -2.38. The zero-order valence-corrected chi connectivity index (χ0v) is 20.5. The Morgan fingerprint density at radius 3 is 2.39 bits per heavy atom. The van der Waals surface area contributed by atoms with E-state index in [1.165, 1.54) is 23.2 Å². The number of ether oxygens (including phenoxy) is 2. The van der Waals surface area contributed by atoms with Gasteiger partial charge in [0.2, 0.25) is 5.95 Å².